The van der Waals surface area contributed by atoms with Crippen molar-refractivity contribution < 1.29 is 14.4 Å². The number of aryl methyl sites for hydroxylation is 1. The van der Waals surface area contributed by atoms with Gasteiger partial charge >= 0.3 is 8.25 Å². The van der Waals surface area contributed by atoms with E-state index in [1.54, 1.807) is 0 Å². The predicted octanol–water partition coefficient (Wildman–Crippen LogP) is 9.78. The van der Waals surface area contributed by atoms with Crippen LogP contribution >= 0.6 is 8.25 Å². The van der Waals surface area contributed by atoms with E-state index in [0.717, 1.165) is 0 Å². The van der Waals surface area contributed by atoms with Gasteiger partial charge < -0.3 is 9.79 Å². The average molecular weight is 491 g/mol. The lowest BCUT2D eigenvalue weighted by atomic mass is 9.99. The van der Waals surface area contributed by atoms with Crippen molar-refractivity contribution in [2.45, 2.75) is 129 Å². The summed E-state index contributed by atoms with van der Waals surface area (Å²) < 4.78 is 8.74. The highest BCUT2D eigenvalue weighted by Crippen LogP contribution is 2.21. The Morgan fingerprint density at radius 1 is 0.559 bits per heavy atom. The highest BCUT2D eigenvalue weighted by Gasteiger charge is 2.00. The van der Waals surface area contributed by atoms with Crippen molar-refractivity contribution in [3.05, 3.63) is 48.0 Å². The fraction of sp³-hybridized carbons (Fsp3) is 0.667. The number of rotatable bonds is 19. The first kappa shape index (κ1) is 30.9. The van der Waals surface area contributed by atoms with E-state index >= 15 is 0 Å². The van der Waals surface area contributed by atoms with Gasteiger partial charge in [-0.3, -0.25) is 4.57 Å². The van der Waals surface area contributed by atoms with Crippen molar-refractivity contribution in [1.29, 1.82) is 0 Å². The van der Waals surface area contributed by atoms with Crippen LogP contribution in [0.3, 0.4) is 0 Å². The third-order valence-electron chi connectivity index (χ3n) is 6.68. The first-order valence-corrected chi connectivity index (χ1v) is 15.3. The van der Waals surface area contributed by atoms with Crippen LogP contribution in [0.2, 0.25) is 0 Å². The van der Waals surface area contributed by atoms with Gasteiger partial charge in [0.1, 0.15) is 0 Å². The van der Waals surface area contributed by atoms with Gasteiger partial charge in [-0.05, 0) is 29.2 Å². The minimum absolute atomic E-state index is 1.24. The summed E-state index contributed by atoms with van der Waals surface area (Å²) in [5, 5.41) is 2.84. The van der Waals surface area contributed by atoms with Crippen molar-refractivity contribution in [1.82, 2.24) is 0 Å². The molecule has 3 nitrogen and oxygen atoms in total. The maximum atomic E-state index is 8.74. The van der Waals surface area contributed by atoms with E-state index in [1.807, 2.05) is 0 Å². The molecule has 34 heavy (non-hydrogen) atoms. The summed E-state index contributed by atoms with van der Waals surface area (Å²) in [6, 6.07) is 15.6. The molecule has 0 aromatic heterocycles. The largest absolute Gasteiger partial charge is 0.326 e. The van der Waals surface area contributed by atoms with Crippen molar-refractivity contribution in [3.63, 3.8) is 0 Å². The SMILES string of the molecule is CCCCCCCCCCCCCCCCCCCCc1cccc2ccccc12.O=[PH](O)O. The Labute approximate surface area is 210 Å². The molecule has 4 heteroatoms. The van der Waals surface area contributed by atoms with Crippen LogP contribution in [-0.2, 0) is 11.0 Å². The molecule has 0 aliphatic heterocycles. The zero-order valence-electron chi connectivity index (χ0n) is 21.8. The van der Waals surface area contributed by atoms with Gasteiger partial charge in [-0.2, -0.15) is 0 Å². The normalized spacial score (nSPS) is 11.1. The lowest BCUT2D eigenvalue weighted by molar-refractivity contribution is 0.405. The van der Waals surface area contributed by atoms with E-state index in [0.29, 0.717) is 0 Å². The zero-order valence-corrected chi connectivity index (χ0v) is 22.8. The summed E-state index contributed by atoms with van der Waals surface area (Å²) in [6.07, 6.45) is 27.3. The number of hydrogen-bond acceptors (Lipinski definition) is 1. The second kappa shape index (κ2) is 22.3. The Morgan fingerprint density at radius 3 is 1.41 bits per heavy atom. The van der Waals surface area contributed by atoms with Crippen molar-refractivity contribution in [2.24, 2.45) is 0 Å². The summed E-state index contributed by atoms with van der Waals surface area (Å²) in [7, 11) is -3.13. The van der Waals surface area contributed by atoms with Crippen molar-refractivity contribution in [3.8, 4) is 0 Å². The maximum absolute atomic E-state index is 8.74. The van der Waals surface area contributed by atoms with Crippen molar-refractivity contribution >= 4 is 19.0 Å². The Kier molecular flexibility index (Phi) is 20.3. The van der Waals surface area contributed by atoms with Gasteiger partial charge in [0.15, 0.2) is 0 Å². The van der Waals surface area contributed by atoms with Crippen LogP contribution in [0.25, 0.3) is 10.8 Å². The monoisotopic (exact) mass is 490 g/mol. The van der Waals surface area contributed by atoms with Crippen LogP contribution in [0.1, 0.15) is 128 Å². The molecule has 0 fully saturated rings. The van der Waals surface area contributed by atoms with Gasteiger partial charge in [-0.15, -0.1) is 0 Å². The number of unbranched alkanes of at least 4 members (excludes halogenated alkanes) is 17. The summed E-state index contributed by atoms with van der Waals surface area (Å²) >= 11 is 0. The van der Waals surface area contributed by atoms with Crippen LogP contribution in [0.5, 0.6) is 0 Å². The van der Waals surface area contributed by atoms with Gasteiger partial charge in [0.2, 0.25) is 0 Å². The maximum Gasteiger partial charge on any atom is 0.314 e. The molecule has 0 aliphatic carbocycles. The smallest absolute Gasteiger partial charge is 0.314 e. The van der Waals surface area contributed by atoms with Crippen LogP contribution in [0.4, 0.5) is 0 Å². The third-order valence-corrected chi connectivity index (χ3v) is 6.68. The lowest BCUT2D eigenvalue weighted by Gasteiger charge is -2.07. The fourth-order valence-electron chi connectivity index (χ4n) is 4.73. The molecule has 2 aromatic rings. The molecule has 2 aromatic carbocycles. The topological polar surface area (TPSA) is 57.5 Å². The lowest BCUT2D eigenvalue weighted by Crippen LogP contribution is -1.88. The first-order valence-electron chi connectivity index (χ1n) is 14.0. The number of benzene rings is 2. The van der Waals surface area contributed by atoms with E-state index in [-0.39, 0.29) is 0 Å². The Hall–Kier alpha value is -1.15. The first-order chi connectivity index (χ1) is 16.6. The molecule has 0 saturated heterocycles. The van der Waals surface area contributed by atoms with E-state index < -0.39 is 8.25 Å². The molecule has 0 unspecified atom stereocenters. The highest BCUT2D eigenvalue weighted by molar-refractivity contribution is 7.30. The Bertz CT molecular complexity index is 737. The second-order valence-corrected chi connectivity index (χ2v) is 10.2. The molecule has 0 spiro atoms. The molecule has 0 aliphatic rings. The second-order valence-electron chi connectivity index (χ2n) is 9.68. The van der Waals surface area contributed by atoms with Crippen molar-refractivity contribution in [2.75, 3.05) is 0 Å². The molecule has 194 valence electrons. The van der Waals surface area contributed by atoms with Crippen LogP contribution in [0, 0.1) is 0 Å². The predicted molar refractivity (Wildman–Crippen MR) is 150 cm³/mol. The van der Waals surface area contributed by atoms with E-state index in [2.05, 4.69) is 49.4 Å². The standard InChI is InChI=1S/C30H48.H3O3P/c1-2-3-4-5-6-7-8-9-10-11-12-13-14-15-16-17-18-19-23-28-25-22-26-29-24-20-21-27-30(28)29;1-4(2)3/h20-22,24-27H,2-19,23H2,1H3;4H,(H2,1,2,3). The van der Waals surface area contributed by atoms with E-state index in [9.17, 15) is 0 Å². The molecule has 0 radical (unpaired) electrons. The summed E-state index contributed by atoms with van der Waals surface area (Å²) in [5.41, 5.74) is 1.53. The minimum atomic E-state index is -3.13. The zero-order chi connectivity index (χ0) is 24.7. The van der Waals surface area contributed by atoms with Gasteiger partial charge in [-0.25, -0.2) is 0 Å². The Balaban J connectivity index is 0.00000133. The third kappa shape index (κ3) is 17.3. The molecule has 2 rings (SSSR count). The molecule has 2 N–H and O–H groups in total. The molecule has 0 saturated carbocycles. The Morgan fingerprint density at radius 2 is 0.941 bits per heavy atom. The van der Waals surface area contributed by atoms with E-state index in [4.69, 9.17) is 14.4 Å². The van der Waals surface area contributed by atoms with E-state index in [1.165, 1.54) is 138 Å². The fourth-order valence-corrected chi connectivity index (χ4v) is 4.73. The van der Waals surface area contributed by atoms with Gasteiger partial charge in [0.05, 0.1) is 0 Å². The molecule has 0 amide bonds. The highest BCUT2D eigenvalue weighted by atomic mass is 31.1. The van der Waals surface area contributed by atoms with Gasteiger partial charge in [0.25, 0.3) is 0 Å². The quantitative estimate of drug-likeness (QED) is 0.152. The summed E-state index contributed by atoms with van der Waals surface area (Å²) in [4.78, 5) is 14.3. The number of hydrogen-bond donors (Lipinski definition) is 2. The van der Waals surface area contributed by atoms with Crippen LogP contribution < -0.4 is 0 Å². The molecule has 0 atom stereocenters. The molecular weight excluding hydrogens is 439 g/mol. The molecule has 0 heterocycles. The van der Waals surface area contributed by atoms with Gasteiger partial charge in [0, 0.05) is 0 Å². The summed E-state index contributed by atoms with van der Waals surface area (Å²) in [5.74, 6) is 0. The minimum Gasteiger partial charge on any atom is -0.326 e. The average Bonchev–Trinajstić information content (AvgIpc) is 2.83. The number of fused-ring (bicyclic) bond motifs is 1. The van der Waals surface area contributed by atoms with Crippen LogP contribution in [0.15, 0.2) is 42.5 Å². The van der Waals surface area contributed by atoms with Crippen LogP contribution in [-0.4, -0.2) is 9.79 Å². The molecule has 0 bridgehead atoms. The summed E-state index contributed by atoms with van der Waals surface area (Å²) in [6.45, 7) is 2.30. The van der Waals surface area contributed by atoms with Gasteiger partial charge in [-0.1, -0.05) is 159 Å². The molecular formula is C30H51O3P.